The fraction of sp³-hybridized carbons (Fsp3) is 0.727. The molecule has 90 valence electrons. The first-order valence-electron chi connectivity index (χ1n) is 5.57. The van der Waals surface area contributed by atoms with Crippen molar-refractivity contribution in [1.82, 2.24) is 4.90 Å². The van der Waals surface area contributed by atoms with Crippen LogP contribution < -0.4 is 0 Å². The van der Waals surface area contributed by atoms with Crippen LogP contribution in [0, 0.1) is 0 Å². The number of ether oxygens (including phenoxy) is 1. The first kappa shape index (κ1) is 12.7. The second-order valence-corrected chi connectivity index (χ2v) is 3.75. The molecule has 0 unspecified atom stereocenters. The Kier molecular flexibility index (Phi) is 4.95. The normalized spacial score (nSPS) is 14.3. The Morgan fingerprint density at radius 3 is 2.56 bits per heavy atom. The third kappa shape index (κ3) is 4.00. The average Bonchev–Trinajstić information content (AvgIpc) is 3.07. The lowest BCUT2D eigenvalue weighted by atomic mass is 10.2. The SMILES string of the molecule is CCOC(=O)CCC(=O)N(CC=O)C1CC1. The van der Waals surface area contributed by atoms with Crippen molar-refractivity contribution in [2.24, 2.45) is 0 Å². The first-order valence-corrected chi connectivity index (χ1v) is 5.57. The average molecular weight is 227 g/mol. The van der Waals surface area contributed by atoms with Crippen LogP contribution in [0.1, 0.15) is 32.6 Å². The molecular weight excluding hydrogens is 210 g/mol. The summed E-state index contributed by atoms with van der Waals surface area (Å²) in [5, 5.41) is 0. The number of nitrogens with zero attached hydrogens (tertiary/aromatic N) is 1. The maximum atomic E-state index is 11.7. The van der Waals surface area contributed by atoms with Crippen molar-refractivity contribution in [3.8, 4) is 0 Å². The smallest absolute Gasteiger partial charge is 0.306 e. The monoisotopic (exact) mass is 227 g/mol. The quantitative estimate of drug-likeness (QED) is 0.470. The van der Waals surface area contributed by atoms with E-state index in [2.05, 4.69) is 0 Å². The molecule has 0 heterocycles. The van der Waals surface area contributed by atoms with E-state index in [1.807, 2.05) is 0 Å². The third-order valence-corrected chi connectivity index (χ3v) is 2.43. The highest BCUT2D eigenvalue weighted by molar-refractivity contribution is 5.83. The number of hydrogen-bond donors (Lipinski definition) is 0. The minimum absolute atomic E-state index is 0.0920. The van der Waals surface area contributed by atoms with E-state index in [9.17, 15) is 14.4 Å². The lowest BCUT2D eigenvalue weighted by molar-refractivity contribution is -0.145. The summed E-state index contributed by atoms with van der Waals surface area (Å²) in [6, 6.07) is 0.208. The molecule has 1 amide bonds. The van der Waals surface area contributed by atoms with E-state index < -0.39 is 0 Å². The van der Waals surface area contributed by atoms with Gasteiger partial charge in [0.2, 0.25) is 5.91 Å². The molecule has 0 N–H and O–H groups in total. The van der Waals surface area contributed by atoms with Crippen molar-refractivity contribution < 1.29 is 19.1 Å². The zero-order chi connectivity index (χ0) is 12.0. The molecule has 1 rings (SSSR count). The van der Waals surface area contributed by atoms with Gasteiger partial charge in [0.05, 0.1) is 19.6 Å². The van der Waals surface area contributed by atoms with Crippen LogP contribution in [-0.2, 0) is 19.1 Å². The molecule has 1 aliphatic rings. The Bertz CT molecular complexity index is 273. The number of carbonyl (C=O) groups is 3. The molecule has 5 heteroatoms. The number of hydrogen-bond acceptors (Lipinski definition) is 4. The van der Waals surface area contributed by atoms with Crippen molar-refractivity contribution in [2.75, 3.05) is 13.2 Å². The van der Waals surface area contributed by atoms with Gasteiger partial charge in [0, 0.05) is 12.5 Å². The molecule has 0 saturated heterocycles. The van der Waals surface area contributed by atoms with Gasteiger partial charge in [-0.2, -0.15) is 0 Å². The Morgan fingerprint density at radius 2 is 2.06 bits per heavy atom. The predicted molar refractivity (Wildman–Crippen MR) is 56.7 cm³/mol. The summed E-state index contributed by atoms with van der Waals surface area (Å²) in [7, 11) is 0. The number of rotatable bonds is 7. The molecule has 0 bridgehead atoms. The van der Waals surface area contributed by atoms with E-state index in [4.69, 9.17) is 4.74 Å². The van der Waals surface area contributed by atoms with Crippen molar-refractivity contribution in [3.63, 3.8) is 0 Å². The van der Waals surface area contributed by atoms with Crippen LogP contribution in [0.4, 0.5) is 0 Å². The van der Waals surface area contributed by atoms with E-state index in [0.717, 1.165) is 19.1 Å². The number of amides is 1. The van der Waals surface area contributed by atoms with E-state index in [1.54, 1.807) is 11.8 Å². The maximum absolute atomic E-state index is 11.7. The molecule has 1 saturated carbocycles. The van der Waals surface area contributed by atoms with E-state index in [1.165, 1.54) is 0 Å². The third-order valence-electron chi connectivity index (χ3n) is 2.43. The second-order valence-electron chi connectivity index (χ2n) is 3.75. The standard InChI is InChI=1S/C11H17NO4/c1-2-16-11(15)6-5-10(14)12(7-8-13)9-3-4-9/h8-9H,2-7H2,1H3. The molecule has 0 spiro atoms. The van der Waals surface area contributed by atoms with Crippen LogP contribution >= 0.6 is 0 Å². The Labute approximate surface area is 94.7 Å². The van der Waals surface area contributed by atoms with Gasteiger partial charge < -0.3 is 14.4 Å². The zero-order valence-electron chi connectivity index (χ0n) is 9.48. The second kappa shape index (κ2) is 6.25. The molecular formula is C11H17NO4. The number of esters is 1. The van der Waals surface area contributed by atoms with Gasteiger partial charge >= 0.3 is 5.97 Å². The Hall–Kier alpha value is -1.39. The summed E-state index contributed by atoms with van der Waals surface area (Å²) >= 11 is 0. The first-order chi connectivity index (χ1) is 7.69. The van der Waals surface area contributed by atoms with Crippen molar-refractivity contribution >= 4 is 18.2 Å². The van der Waals surface area contributed by atoms with E-state index in [-0.39, 0.29) is 37.3 Å². The minimum atomic E-state index is -0.363. The van der Waals surface area contributed by atoms with Crippen LogP contribution in [0.3, 0.4) is 0 Å². The largest absolute Gasteiger partial charge is 0.466 e. The molecule has 16 heavy (non-hydrogen) atoms. The summed E-state index contributed by atoms with van der Waals surface area (Å²) in [5.74, 6) is -0.500. The van der Waals surface area contributed by atoms with Gasteiger partial charge in [-0.15, -0.1) is 0 Å². The van der Waals surface area contributed by atoms with Crippen LogP contribution in [0.15, 0.2) is 0 Å². The molecule has 1 aliphatic carbocycles. The topological polar surface area (TPSA) is 63.7 Å². The van der Waals surface area contributed by atoms with Gasteiger partial charge in [-0.05, 0) is 19.8 Å². The fourth-order valence-corrected chi connectivity index (χ4v) is 1.51. The van der Waals surface area contributed by atoms with Gasteiger partial charge in [-0.1, -0.05) is 0 Å². The van der Waals surface area contributed by atoms with E-state index >= 15 is 0 Å². The number of carbonyl (C=O) groups excluding carboxylic acids is 3. The molecule has 5 nitrogen and oxygen atoms in total. The van der Waals surface area contributed by atoms with Gasteiger partial charge in [0.15, 0.2) is 0 Å². The van der Waals surface area contributed by atoms with Gasteiger partial charge in [0.1, 0.15) is 6.29 Å². The Balaban J connectivity index is 2.31. The van der Waals surface area contributed by atoms with Crippen molar-refractivity contribution in [1.29, 1.82) is 0 Å². The summed E-state index contributed by atoms with van der Waals surface area (Å²) < 4.78 is 4.73. The molecule has 0 atom stereocenters. The van der Waals surface area contributed by atoms with Gasteiger partial charge in [0.25, 0.3) is 0 Å². The van der Waals surface area contributed by atoms with E-state index in [0.29, 0.717) is 6.61 Å². The summed E-state index contributed by atoms with van der Waals surface area (Å²) in [5.41, 5.74) is 0. The highest BCUT2D eigenvalue weighted by atomic mass is 16.5. The highest BCUT2D eigenvalue weighted by Gasteiger charge is 2.31. The van der Waals surface area contributed by atoms with Gasteiger partial charge in [-0.25, -0.2) is 0 Å². The Morgan fingerprint density at radius 1 is 1.38 bits per heavy atom. The van der Waals surface area contributed by atoms with Crippen LogP contribution in [0.25, 0.3) is 0 Å². The maximum Gasteiger partial charge on any atom is 0.306 e. The van der Waals surface area contributed by atoms with Crippen LogP contribution in [-0.4, -0.2) is 42.3 Å². The summed E-state index contributed by atoms with van der Waals surface area (Å²) in [6.07, 6.45) is 2.86. The lowest BCUT2D eigenvalue weighted by Crippen LogP contribution is -2.34. The lowest BCUT2D eigenvalue weighted by Gasteiger charge is -2.19. The summed E-state index contributed by atoms with van der Waals surface area (Å²) in [6.45, 7) is 2.18. The zero-order valence-corrected chi connectivity index (χ0v) is 9.48. The van der Waals surface area contributed by atoms with Crippen molar-refractivity contribution in [2.45, 2.75) is 38.6 Å². The molecule has 0 aromatic carbocycles. The molecule has 0 aromatic rings. The fourth-order valence-electron chi connectivity index (χ4n) is 1.51. The minimum Gasteiger partial charge on any atom is -0.466 e. The van der Waals surface area contributed by atoms with Crippen LogP contribution in [0.2, 0.25) is 0 Å². The number of aldehydes is 1. The van der Waals surface area contributed by atoms with Gasteiger partial charge in [-0.3, -0.25) is 9.59 Å². The van der Waals surface area contributed by atoms with Crippen molar-refractivity contribution in [3.05, 3.63) is 0 Å². The van der Waals surface area contributed by atoms with Crippen LogP contribution in [0.5, 0.6) is 0 Å². The molecule has 0 aliphatic heterocycles. The molecule has 1 fully saturated rings. The highest BCUT2D eigenvalue weighted by Crippen LogP contribution is 2.27. The summed E-state index contributed by atoms with van der Waals surface area (Å²) in [4.78, 5) is 34.7. The molecule has 0 radical (unpaired) electrons. The predicted octanol–water partition coefficient (Wildman–Crippen LogP) is 0.520. The molecule has 0 aromatic heterocycles.